The minimum absolute atomic E-state index is 0.385. The van der Waals surface area contributed by atoms with Crippen molar-refractivity contribution in [2.75, 3.05) is 13.1 Å². The molecule has 0 atom stereocenters. The van der Waals surface area contributed by atoms with Crippen LogP contribution in [0.15, 0.2) is 63.8 Å². The van der Waals surface area contributed by atoms with E-state index in [-0.39, 0.29) is 0 Å². The highest BCUT2D eigenvalue weighted by Crippen LogP contribution is 2.30. The van der Waals surface area contributed by atoms with Crippen molar-refractivity contribution < 1.29 is 8.94 Å². The molecule has 1 aliphatic rings. The minimum Gasteiger partial charge on any atom is -0.440 e. The van der Waals surface area contributed by atoms with Crippen LogP contribution in [0.2, 0.25) is 0 Å². The molecular weight excluding hydrogens is 340 g/mol. The maximum absolute atomic E-state index is 5.95. The fourth-order valence-electron chi connectivity index (χ4n) is 3.67. The molecule has 0 spiro atoms. The molecule has 0 bridgehead atoms. The first-order valence-electron chi connectivity index (χ1n) is 9.29. The summed E-state index contributed by atoms with van der Waals surface area (Å²) in [6.07, 6.45) is 5.61. The molecule has 4 heterocycles. The van der Waals surface area contributed by atoms with E-state index in [1.54, 1.807) is 12.4 Å². The smallest absolute Gasteiger partial charge is 0.198 e. The van der Waals surface area contributed by atoms with E-state index in [4.69, 9.17) is 8.94 Å². The van der Waals surface area contributed by atoms with Crippen LogP contribution in [-0.4, -0.2) is 33.1 Å². The first-order valence-corrected chi connectivity index (χ1v) is 9.29. The summed E-state index contributed by atoms with van der Waals surface area (Å²) in [6.45, 7) is 2.77. The lowest BCUT2D eigenvalue weighted by Gasteiger charge is -2.29. The Kier molecular flexibility index (Phi) is 4.18. The van der Waals surface area contributed by atoms with Gasteiger partial charge in [0.25, 0.3) is 0 Å². The molecule has 3 aromatic heterocycles. The molecule has 0 radical (unpaired) electrons. The van der Waals surface area contributed by atoms with E-state index in [0.717, 1.165) is 66.5 Å². The molecule has 4 aromatic rings. The largest absolute Gasteiger partial charge is 0.440 e. The quantitative estimate of drug-likeness (QED) is 0.542. The van der Waals surface area contributed by atoms with Crippen molar-refractivity contribution in [1.29, 1.82) is 0 Å². The van der Waals surface area contributed by atoms with E-state index in [0.29, 0.717) is 5.92 Å². The Hall–Kier alpha value is -2.99. The molecule has 1 aliphatic heterocycles. The Morgan fingerprint density at radius 3 is 2.67 bits per heavy atom. The maximum atomic E-state index is 5.95. The number of oxazole rings is 1. The number of nitrogens with zero attached hydrogens (tertiary/aromatic N) is 4. The molecule has 0 unspecified atom stereocenters. The minimum atomic E-state index is 0.385. The predicted molar refractivity (Wildman–Crippen MR) is 101 cm³/mol. The predicted octanol–water partition coefficient (Wildman–Crippen LogP) is 4.26. The Balaban J connectivity index is 1.21. The Morgan fingerprint density at radius 2 is 1.85 bits per heavy atom. The molecule has 0 aliphatic carbocycles. The van der Waals surface area contributed by atoms with Crippen LogP contribution in [-0.2, 0) is 6.54 Å². The molecule has 5 rings (SSSR count). The van der Waals surface area contributed by atoms with E-state index < -0.39 is 0 Å². The van der Waals surface area contributed by atoms with Gasteiger partial charge in [-0.3, -0.25) is 9.88 Å². The van der Waals surface area contributed by atoms with Crippen molar-refractivity contribution in [2.45, 2.75) is 25.3 Å². The first-order chi connectivity index (χ1) is 13.3. The fourth-order valence-corrected chi connectivity index (χ4v) is 3.67. The third-order valence-electron chi connectivity index (χ3n) is 5.16. The van der Waals surface area contributed by atoms with Crippen LogP contribution in [0.5, 0.6) is 0 Å². The average Bonchev–Trinajstić information content (AvgIpc) is 3.36. The van der Waals surface area contributed by atoms with E-state index in [1.165, 1.54) is 0 Å². The third kappa shape index (κ3) is 3.36. The van der Waals surface area contributed by atoms with Gasteiger partial charge in [-0.25, -0.2) is 4.98 Å². The summed E-state index contributed by atoms with van der Waals surface area (Å²) >= 11 is 0. The van der Waals surface area contributed by atoms with Crippen molar-refractivity contribution >= 4 is 11.1 Å². The van der Waals surface area contributed by atoms with Crippen molar-refractivity contribution in [3.05, 3.63) is 66.5 Å². The standard InChI is InChI=1S/C21H20N4O2/c1-2-4-20-18(3-1)23-21(26-20)16-7-11-25(12-8-16)14-17-13-19(24-27-17)15-5-9-22-10-6-15/h1-6,9-10,13,16H,7-8,11-12,14H2. The molecule has 1 aromatic carbocycles. The summed E-state index contributed by atoms with van der Waals surface area (Å²) < 4.78 is 11.5. The molecule has 0 saturated carbocycles. The summed E-state index contributed by atoms with van der Waals surface area (Å²) in [6, 6.07) is 13.8. The molecule has 6 nitrogen and oxygen atoms in total. The number of piperidine rings is 1. The second-order valence-corrected chi connectivity index (χ2v) is 6.98. The van der Waals surface area contributed by atoms with Gasteiger partial charge >= 0.3 is 0 Å². The average molecular weight is 360 g/mol. The van der Waals surface area contributed by atoms with Gasteiger partial charge in [0.2, 0.25) is 0 Å². The Bertz CT molecular complexity index is 999. The maximum Gasteiger partial charge on any atom is 0.198 e. The monoisotopic (exact) mass is 360 g/mol. The lowest BCUT2D eigenvalue weighted by molar-refractivity contribution is 0.176. The highest BCUT2D eigenvalue weighted by atomic mass is 16.5. The number of hydrogen-bond acceptors (Lipinski definition) is 6. The van der Waals surface area contributed by atoms with Crippen LogP contribution < -0.4 is 0 Å². The highest BCUT2D eigenvalue weighted by Gasteiger charge is 2.25. The Labute approximate surface area is 156 Å². The number of pyridine rings is 1. The summed E-state index contributed by atoms with van der Waals surface area (Å²) in [7, 11) is 0. The van der Waals surface area contributed by atoms with Gasteiger partial charge in [-0.05, 0) is 50.2 Å². The first kappa shape index (κ1) is 16.2. The highest BCUT2D eigenvalue weighted by molar-refractivity contribution is 5.72. The topological polar surface area (TPSA) is 68.2 Å². The van der Waals surface area contributed by atoms with Gasteiger partial charge in [0, 0.05) is 29.9 Å². The summed E-state index contributed by atoms with van der Waals surface area (Å²) in [4.78, 5) is 11.1. The van der Waals surface area contributed by atoms with E-state index in [9.17, 15) is 0 Å². The van der Waals surface area contributed by atoms with Crippen molar-refractivity contribution in [3.63, 3.8) is 0 Å². The second kappa shape index (κ2) is 6.96. The Morgan fingerprint density at radius 1 is 1.04 bits per heavy atom. The second-order valence-electron chi connectivity index (χ2n) is 6.98. The van der Waals surface area contributed by atoms with Crippen molar-refractivity contribution in [3.8, 4) is 11.3 Å². The number of likely N-dealkylation sites (tertiary alicyclic amines) is 1. The van der Waals surface area contributed by atoms with Crippen LogP contribution in [0.25, 0.3) is 22.4 Å². The van der Waals surface area contributed by atoms with Gasteiger partial charge in [0.1, 0.15) is 11.2 Å². The van der Waals surface area contributed by atoms with Gasteiger partial charge in [0.15, 0.2) is 17.2 Å². The van der Waals surface area contributed by atoms with Gasteiger partial charge in [0.05, 0.1) is 6.54 Å². The van der Waals surface area contributed by atoms with Crippen LogP contribution in [0.3, 0.4) is 0 Å². The number of rotatable bonds is 4. The lowest BCUT2D eigenvalue weighted by atomic mass is 9.97. The van der Waals surface area contributed by atoms with Crippen LogP contribution in [0, 0.1) is 0 Å². The van der Waals surface area contributed by atoms with E-state index >= 15 is 0 Å². The molecular formula is C21H20N4O2. The van der Waals surface area contributed by atoms with Gasteiger partial charge in [-0.2, -0.15) is 0 Å². The van der Waals surface area contributed by atoms with Gasteiger partial charge in [-0.15, -0.1) is 0 Å². The number of aromatic nitrogens is 3. The van der Waals surface area contributed by atoms with Crippen LogP contribution in [0.1, 0.15) is 30.4 Å². The molecule has 27 heavy (non-hydrogen) atoms. The number of hydrogen-bond donors (Lipinski definition) is 0. The van der Waals surface area contributed by atoms with E-state index in [2.05, 4.69) is 20.0 Å². The molecule has 0 N–H and O–H groups in total. The fraction of sp³-hybridized carbons (Fsp3) is 0.286. The SMILES string of the molecule is c1ccc2oc(C3CCN(Cc4cc(-c5ccncc5)no4)CC3)nc2c1. The van der Waals surface area contributed by atoms with Crippen LogP contribution >= 0.6 is 0 Å². The number of para-hydroxylation sites is 2. The summed E-state index contributed by atoms with van der Waals surface area (Å²) in [5.74, 6) is 2.15. The summed E-state index contributed by atoms with van der Waals surface area (Å²) in [5, 5.41) is 4.18. The molecule has 136 valence electrons. The molecule has 1 fully saturated rings. The number of fused-ring (bicyclic) bond motifs is 1. The zero-order valence-corrected chi connectivity index (χ0v) is 14.9. The van der Waals surface area contributed by atoms with Crippen molar-refractivity contribution in [2.24, 2.45) is 0 Å². The normalized spacial score (nSPS) is 16.1. The zero-order chi connectivity index (χ0) is 18.1. The third-order valence-corrected chi connectivity index (χ3v) is 5.16. The molecule has 1 saturated heterocycles. The summed E-state index contributed by atoms with van der Waals surface area (Å²) in [5.41, 5.74) is 3.70. The van der Waals surface area contributed by atoms with E-state index in [1.807, 2.05) is 42.5 Å². The lowest BCUT2D eigenvalue weighted by Crippen LogP contribution is -2.32. The number of benzene rings is 1. The zero-order valence-electron chi connectivity index (χ0n) is 14.9. The van der Waals surface area contributed by atoms with Crippen LogP contribution in [0.4, 0.5) is 0 Å². The molecule has 0 amide bonds. The van der Waals surface area contributed by atoms with Gasteiger partial charge < -0.3 is 8.94 Å². The van der Waals surface area contributed by atoms with Gasteiger partial charge in [-0.1, -0.05) is 17.3 Å². The van der Waals surface area contributed by atoms with Crippen molar-refractivity contribution in [1.82, 2.24) is 20.0 Å². The molecule has 6 heteroatoms.